The van der Waals surface area contributed by atoms with Gasteiger partial charge in [0.15, 0.2) is 0 Å². The first-order chi connectivity index (χ1) is 4.22. The van der Waals surface area contributed by atoms with Crippen LogP contribution in [0.4, 0.5) is 0 Å². The third-order valence-electron chi connectivity index (χ3n) is 1.68. The molecule has 0 aliphatic carbocycles. The number of nitrogens with zero attached hydrogens (tertiary/aromatic N) is 1. The molecule has 0 spiro atoms. The van der Waals surface area contributed by atoms with Gasteiger partial charge >= 0.3 is 0 Å². The Kier molecular flexibility index (Phi) is 1.65. The average molecular weight is 126 g/mol. The molecule has 0 radical (unpaired) electrons. The third-order valence-corrected chi connectivity index (χ3v) is 1.68. The summed E-state index contributed by atoms with van der Waals surface area (Å²) in [6.07, 6.45) is 3.20. The summed E-state index contributed by atoms with van der Waals surface area (Å²) in [6.45, 7) is 5.42. The molecule has 1 heterocycles. The Balaban J connectivity index is 2.53. The molecule has 0 saturated heterocycles. The van der Waals surface area contributed by atoms with Crippen LogP contribution >= 0.6 is 0 Å². The van der Waals surface area contributed by atoms with Gasteiger partial charge in [-0.05, 0) is 26.3 Å². The lowest BCUT2D eigenvalue weighted by molar-refractivity contribution is 0.307. The molecule has 0 bridgehead atoms. The Labute approximate surface area is 56.3 Å². The molecular weight excluding hydrogens is 112 g/mol. The van der Waals surface area contributed by atoms with Crippen molar-refractivity contribution in [2.45, 2.75) is 26.3 Å². The van der Waals surface area contributed by atoms with E-state index in [2.05, 4.69) is 24.8 Å². The molecular formula is C7H14N2. The second-order valence-electron chi connectivity index (χ2n) is 2.70. The van der Waals surface area contributed by atoms with Gasteiger partial charge in [-0.15, -0.1) is 0 Å². The highest BCUT2D eigenvalue weighted by Crippen LogP contribution is 2.12. The summed E-state index contributed by atoms with van der Waals surface area (Å²) in [4.78, 5) is 2.21. The number of hydrogen-bond acceptors (Lipinski definition) is 2. The lowest BCUT2D eigenvalue weighted by Gasteiger charge is -2.23. The number of rotatable bonds is 1. The molecule has 0 amide bonds. The molecule has 0 aromatic heterocycles. The summed E-state index contributed by atoms with van der Waals surface area (Å²) in [5, 5.41) is 0. The Hall–Kier alpha value is -0.660. The van der Waals surface area contributed by atoms with Gasteiger partial charge in [0.2, 0.25) is 0 Å². The van der Waals surface area contributed by atoms with Crippen LogP contribution in [0.1, 0.15) is 20.3 Å². The molecule has 9 heavy (non-hydrogen) atoms. The molecule has 1 aliphatic heterocycles. The first-order valence-corrected chi connectivity index (χ1v) is 3.44. The highest BCUT2D eigenvalue weighted by molar-refractivity contribution is 5.03. The van der Waals surface area contributed by atoms with Gasteiger partial charge in [-0.2, -0.15) is 0 Å². The Morgan fingerprint density at radius 1 is 1.67 bits per heavy atom. The van der Waals surface area contributed by atoms with Gasteiger partial charge in [-0.1, -0.05) is 0 Å². The van der Waals surface area contributed by atoms with E-state index in [9.17, 15) is 0 Å². The van der Waals surface area contributed by atoms with Crippen molar-refractivity contribution >= 4 is 0 Å². The van der Waals surface area contributed by atoms with Gasteiger partial charge in [-0.3, -0.25) is 0 Å². The summed E-state index contributed by atoms with van der Waals surface area (Å²) in [5.74, 6) is 0.949. The number of hydrogen-bond donors (Lipinski definition) is 1. The Morgan fingerprint density at radius 2 is 2.33 bits per heavy atom. The summed E-state index contributed by atoms with van der Waals surface area (Å²) < 4.78 is 0. The second-order valence-corrected chi connectivity index (χ2v) is 2.70. The lowest BCUT2D eigenvalue weighted by atomic mass is 10.3. The maximum Gasteiger partial charge on any atom is 0.0948 e. The van der Waals surface area contributed by atoms with Crippen molar-refractivity contribution in [3.05, 3.63) is 11.9 Å². The fourth-order valence-electron chi connectivity index (χ4n) is 1.15. The van der Waals surface area contributed by atoms with Crippen LogP contribution in [-0.2, 0) is 0 Å². The van der Waals surface area contributed by atoms with Crippen LogP contribution in [0.3, 0.4) is 0 Å². The van der Waals surface area contributed by atoms with Crippen LogP contribution < -0.4 is 5.73 Å². The van der Waals surface area contributed by atoms with E-state index in [4.69, 9.17) is 5.73 Å². The highest BCUT2D eigenvalue weighted by Gasteiger charge is 2.13. The van der Waals surface area contributed by atoms with Crippen molar-refractivity contribution in [3.63, 3.8) is 0 Å². The SMILES string of the molecule is CC(C)N1CCC=C1N. The lowest BCUT2D eigenvalue weighted by Crippen LogP contribution is -2.30. The van der Waals surface area contributed by atoms with E-state index in [0.29, 0.717) is 6.04 Å². The maximum absolute atomic E-state index is 5.67. The summed E-state index contributed by atoms with van der Waals surface area (Å²) >= 11 is 0. The van der Waals surface area contributed by atoms with E-state index in [1.54, 1.807) is 0 Å². The maximum atomic E-state index is 5.67. The Bertz CT molecular complexity index is 127. The predicted molar refractivity (Wildman–Crippen MR) is 38.7 cm³/mol. The van der Waals surface area contributed by atoms with Crippen molar-refractivity contribution in [3.8, 4) is 0 Å². The average Bonchev–Trinajstić information content (AvgIpc) is 2.13. The third kappa shape index (κ3) is 1.18. The molecule has 1 rings (SSSR count). The van der Waals surface area contributed by atoms with Gasteiger partial charge in [0.1, 0.15) is 0 Å². The fourth-order valence-corrected chi connectivity index (χ4v) is 1.15. The molecule has 2 nitrogen and oxygen atoms in total. The van der Waals surface area contributed by atoms with Crippen LogP contribution in [0.5, 0.6) is 0 Å². The van der Waals surface area contributed by atoms with Crippen LogP contribution in [0.2, 0.25) is 0 Å². The van der Waals surface area contributed by atoms with E-state index in [1.165, 1.54) is 0 Å². The molecule has 0 aromatic rings. The zero-order valence-electron chi connectivity index (χ0n) is 6.09. The smallest absolute Gasteiger partial charge is 0.0948 e. The summed E-state index contributed by atoms with van der Waals surface area (Å²) in [6, 6.07) is 0.559. The number of nitrogens with two attached hydrogens (primary N) is 1. The standard InChI is InChI=1S/C7H14N2/c1-6(2)9-5-3-4-7(9)8/h4,6H,3,5,8H2,1-2H3. The van der Waals surface area contributed by atoms with E-state index >= 15 is 0 Å². The molecule has 0 unspecified atom stereocenters. The minimum absolute atomic E-state index is 0.559. The van der Waals surface area contributed by atoms with E-state index in [1.807, 2.05) is 0 Å². The Morgan fingerprint density at radius 3 is 2.56 bits per heavy atom. The monoisotopic (exact) mass is 126 g/mol. The molecule has 2 N–H and O–H groups in total. The van der Waals surface area contributed by atoms with Crippen LogP contribution in [-0.4, -0.2) is 17.5 Å². The summed E-state index contributed by atoms with van der Waals surface area (Å²) in [5.41, 5.74) is 5.67. The van der Waals surface area contributed by atoms with Crippen LogP contribution in [0, 0.1) is 0 Å². The van der Waals surface area contributed by atoms with Gasteiger partial charge < -0.3 is 10.6 Å². The predicted octanol–water partition coefficient (Wildman–Crippen LogP) is 0.901. The van der Waals surface area contributed by atoms with Gasteiger partial charge in [0, 0.05) is 12.6 Å². The first kappa shape index (κ1) is 6.46. The fraction of sp³-hybridized carbons (Fsp3) is 0.714. The van der Waals surface area contributed by atoms with Crippen LogP contribution in [0.25, 0.3) is 0 Å². The van der Waals surface area contributed by atoms with Crippen molar-refractivity contribution in [1.82, 2.24) is 4.90 Å². The van der Waals surface area contributed by atoms with E-state index < -0.39 is 0 Å². The first-order valence-electron chi connectivity index (χ1n) is 3.44. The largest absolute Gasteiger partial charge is 0.386 e. The molecule has 1 aliphatic rings. The molecule has 2 heteroatoms. The van der Waals surface area contributed by atoms with Crippen molar-refractivity contribution < 1.29 is 0 Å². The van der Waals surface area contributed by atoms with Gasteiger partial charge in [0.25, 0.3) is 0 Å². The van der Waals surface area contributed by atoms with Crippen molar-refractivity contribution in [2.24, 2.45) is 5.73 Å². The molecule has 0 fully saturated rings. The van der Waals surface area contributed by atoms with E-state index in [0.717, 1.165) is 18.8 Å². The topological polar surface area (TPSA) is 29.3 Å². The minimum atomic E-state index is 0.559. The quantitative estimate of drug-likeness (QED) is 0.565. The van der Waals surface area contributed by atoms with E-state index in [-0.39, 0.29) is 0 Å². The normalized spacial score (nSPS) is 19.0. The molecule has 0 aromatic carbocycles. The minimum Gasteiger partial charge on any atom is -0.386 e. The zero-order chi connectivity index (χ0) is 6.85. The van der Waals surface area contributed by atoms with Gasteiger partial charge in [0.05, 0.1) is 5.82 Å². The zero-order valence-corrected chi connectivity index (χ0v) is 6.09. The van der Waals surface area contributed by atoms with Crippen molar-refractivity contribution in [1.29, 1.82) is 0 Å². The molecule has 52 valence electrons. The highest BCUT2D eigenvalue weighted by atomic mass is 15.2. The van der Waals surface area contributed by atoms with Crippen LogP contribution in [0.15, 0.2) is 11.9 Å². The van der Waals surface area contributed by atoms with Gasteiger partial charge in [-0.25, -0.2) is 0 Å². The van der Waals surface area contributed by atoms with Crippen molar-refractivity contribution in [2.75, 3.05) is 6.54 Å². The summed E-state index contributed by atoms with van der Waals surface area (Å²) in [7, 11) is 0. The molecule has 0 atom stereocenters. The second kappa shape index (κ2) is 2.29. The molecule has 0 saturated carbocycles.